The molecular formula is C26H21ClFNO3S2. The summed E-state index contributed by atoms with van der Waals surface area (Å²) in [5, 5.41) is 0.317. The molecule has 1 heterocycles. The number of methoxy groups -OCH3 is 1. The van der Waals surface area contributed by atoms with Crippen molar-refractivity contribution in [1.82, 2.24) is 4.90 Å². The van der Waals surface area contributed by atoms with Crippen LogP contribution in [0.1, 0.15) is 22.3 Å². The van der Waals surface area contributed by atoms with Crippen LogP contribution < -0.4 is 9.47 Å². The Morgan fingerprint density at radius 2 is 1.88 bits per heavy atom. The van der Waals surface area contributed by atoms with Crippen LogP contribution in [0.25, 0.3) is 6.08 Å². The van der Waals surface area contributed by atoms with E-state index in [1.54, 1.807) is 35.2 Å². The van der Waals surface area contributed by atoms with Crippen molar-refractivity contribution in [2.45, 2.75) is 20.1 Å². The van der Waals surface area contributed by atoms with Gasteiger partial charge in [0.1, 0.15) is 16.7 Å². The lowest BCUT2D eigenvalue weighted by molar-refractivity contribution is -0.122. The number of thioether (sulfide) groups is 1. The molecule has 0 N–H and O–H groups in total. The molecule has 34 heavy (non-hydrogen) atoms. The van der Waals surface area contributed by atoms with E-state index in [1.807, 2.05) is 31.2 Å². The van der Waals surface area contributed by atoms with E-state index in [2.05, 4.69) is 0 Å². The number of amides is 1. The first-order valence-electron chi connectivity index (χ1n) is 10.4. The summed E-state index contributed by atoms with van der Waals surface area (Å²) in [7, 11) is 1.51. The fourth-order valence-corrected chi connectivity index (χ4v) is 4.94. The Morgan fingerprint density at radius 3 is 2.59 bits per heavy atom. The third kappa shape index (κ3) is 5.60. The Hall–Kier alpha value is -2.87. The Kier molecular flexibility index (Phi) is 7.56. The molecule has 3 aromatic carbocycles. The SMILES string of the molecule is COc1cc(/C=C2\SC(=S)N(Cc3ccc(C)cc3)C2=O)cc(Cl)c1OCc1cccc(F)c1. The van der Waals surface area contributed by atoms with Gasteiger partial charge in [0.15, 0.2) is 11.5 Å². The van der Waals surface area contributed by atoms with E-state index in [0.29, 0.717) is 43.4 Å². The maximum Gasteiger partial charge on any atom is 0.266 e. The molecular weight excluding hydrogens is 493 g/mol. The van der Waals surface area contributed by atoms with Gasteiger partial charge in [-0.1, -0.05) is 77.5 Å². The molecule has 0 saturated carbocycles. The Morgan fingerprint density at radius 1 is 1.12 bits per heavy atom. The summed E-state index contributed by atoms with van der Waals surface area (Å²) in [6.07, 6.45) is 1.74. The van der Waals surface area contributed by atoms with E-state index in [4.69, 9.17) is 33.3 Å². The van der Waals surface area contributed by atoms with E-state index in [-0.39, 0.29) is 18.3 Å². The standard InChI is InChI=1S/C26H21ClFNO3S2/c1-16-6-8-17(9-7-16)14-29-25(30)23(34-26(29)33)13-19-11-21(27)24(22(12-19)31-2)32-15-18-4-3-5-20(28)10-18/h3-13H,14-15H2,1-2H3/b23-13-. The number of halogens is 2. The molecule has 4 rings (SSSR count). The van der Waals surface area contributed by atoms with Crippen LogP contribution in [-0.4, -0.2) is 22.2 Å². The molecule has 1 aliphatic rings. The fourth-order valence-electron chi connectivity index (χ4n) is 3.41. The second-order valence-electron chi connectivity index (χ2n) is 7.71. The summed E-state index contributed by atoms with van der Waals surface area (Å²) in [6, 6.07) is 17.6. The topological polar surface area (TPSA) is 38.8 Å². The number of benzene rings is 3. The van der Waals surface area contributed by atoms with Crippen molar-refractivity contribution in [1.29, 1.82) is 0 Å². The number of nitrogens with zero attached hydrogens (tertiary/aromatic N) is 1. The van der Waals surface area contributed by atoms with Gasteiger partial charge < -0.3 is 9.47 Å². The molecule has 0 aromatic heterocycles. The first kappa shape index (κ1) is 24.3. The molecule has 1 saturated heterocycles. The average Bonchev–Trinajstić information content (AvgIpc) is 3.06. The zero-order chi connectivity index (χ0) is 24.2. The summed E-state index contributed by atoms with van der Waals surface area (Å²) >= 11 is 13.2. The van der Waals surface area contributed by atoms with Crippen molar-refractivity contribution in [3.05, 3.63) is 98.7 Å². The van der Waals surface area contributed by atoms with E-state index in [0.717, 1.165) is 11.1 Å². The lowest BCUT2D eigenvalue weighted by Crippen LogP contribution is -2.27. The molecule has 1 amide bonds. The molecule has 8 heteroatoms. The van der Waals surface area contributed by atoms with Crippen LogP contribution in [0.3, 0.4) is 0 Å². The monoisotopic (exact) mass is 513 g/mol. The van der Waals surface area contributed by atoms with Crippen molar-refractivity contribution in [2.24, 2.45) is 0 Å². The van der Waals surface area contributed by atoms with Crippen LogP contribution in [0, 0.1) is 12.7 Å². The van der Waals surface area contributed by atoms with E-state index < -0.39 is 0 Å². The van der Waals surface area contributed by atoms with Gasteiger partial charge in [-0.25, -0.2) is 4.39 Å². The number of carbonyl (C=O) groups is 1. The highest BCUT2D eigenvalue weighted by atomic mass is 35.5. The maximum absolute atomic E-state index is 13.4. The summed E-state index contributed by atoms with van der Waals surface area (Å²) < 4.78 is 25.2. The number of ether oxygens (including phenoxy) is 2. The Labute approximate surface area is 212 Å². The number of carbonyl (C=O) groups excluding carboxylic acids is 1. The van der Waals surface area contributed by atoms with Crippen LogP contribution >= 0.6 is 35.6 Å². The first-order chi connectivity index (χ1) is 16.3. The molecule has 4 nitrogen and oxygen atoms in total. The highest BCUT2D eigenvalue weighted by Crippen LogP contribution is 2.39. The van der Waals surface area contributed by atoms with Crippen molar-refractivity contribution in [3.8, 4) is 11.5 Å². The van der Waals surface area contributed by atoms with Crippen LogP contribution in [0.2, 0.25) is 5.02 Å². The lowest BCUT2D eigenvalue weighted by Gasteiger charge is -2.15. The van der Waals surface area contributed by atoms with Crippen LogP contribution in [0.5, 0.6) is 11.5 Å². The molecule has 1 aliphatic heterocycles. The summed E-state index contributed by atoms with van der Waals surface area (Å²) in [6.45, 7) is 2.56. The van der Waals surface area contributed by atoms with Crippen molar-refractivity contribution < 1.29 is 18.7 Å². The predicted octanol–water partition coefficient (Wildman–Crippen LogP) is 6.78. The number of rotatable bonds is 7. The van der Waals surface area contributed by atoms with Crippen LogP contribution in [0.15, 0.2) is 65.6 Å². The summed E-state index contributed by atoms with van der Waals surface area (Å²) in [5.41, 5.74) is 3.51. The van der Waals surface area contributed by atoms with E-state index >= 15 is 0 Å². The third-order valence-corrected chi connectivity index (χ3v) is 6.82. The van der Waals surface area contributed by atoms with Crippen molar-refractivity contribution in [3.63, 3.8) is 0 Å². The minimum Gasteiger partial charge on any atom is -0.493 e. The molecule has 1 fully saturated rings. The van der Waals surface area contributed by atoms with Gasteiger partial charge in [-0.05, 0) is 54.0 Å². The largest absolute Gasteiger partial charge is 0.493 e. The van der Waals surface area contributed by atoms with E-state index in [9.17, 15) is 9.18 Å². The van der Waals surface area contributed by atoms with Crippen LogP contribution in [0.4, 0.5) is 4.39 Å². The van der Waals surface area contributed by atoms with Gasteiger partial charge in [0.2, 0.25) is 0 Å². The minimum atomic E-state index is -0.339. The average molecular weight is 514 g/mol. The van der Waals surface area contributed by atoms with Gasteiger partial charge in [-0.2, -0.15) is 0 Å². The van der Waals surface area contributed by atoms with Gasteiger partial charge in [-0.15, -0.1) is 0 Å². The third-order valence-electron chi connectivity index (χ3n) is 5.16. The molecule has 0 radical (unpaired) electrons. The molecule has 0 atom stereocenters. The number of thiocarbonyl (C=S) groups is 1. The van der Waals surface area contributed by atoms with Crippen LogP contribution in [-0.2, 0) is 17.9 Å². The number of hydrogen-bond donors (Lipinski definition) is 0. The van der Waals surface area contributed by atoms with E-state index in [1.165, 1.54) is 31.0 Å². The zero-order valence-electron chi connectivity index (χ0n) is 18.5. The fraction of sp³-hybridized carbons (Fsp3) is 0.154. The highest BCUT2D eigenvalue weighted by molar-refractivity contribution is 8.26. The number of aryl methyl sites for hydroxylation is 1. The van der Waals surface area contributed by atoms with Gasteiger partial charge in [0.25, 0.3) is 5.91 Å². The second kappa shape index (κ2) is 10.6. The molecule has 0 aliphatic carbocycles. The molecule has 0 bridgehead atoms. The molecule has 0 unspecified atom stereocenters. The highest BCUT2D eigenvalue weighted by Gasteiger charge is 2.32. The second-order valence-corrected chi connectivity index (χ2v) is 9.79. The van der Waals surface area contributed by atoms with Gasteiger partial charge >= 0.3 is 0 Å². The summed E-state index contributed by atoms with van der Waals surface area (Å²) in [5.74, 6) is 0.258. The molecule has 174 valence electrons. The quantitative estimate of drug-likeness (QED) is 0.257. The summed E-state index contributed by atoms with van der Waals surface area (Å²) in [4.78, 5) is 15.1. The van der Waals surface area contributed by atoms with Gasteiger partial charge in [0.05, 0.1) is 23.6 Å². The van der Waals surface area contributed by atoms with Crippen molar-refractivity contribution in [2.75, 3.05) is 7.11 Å². The molecule has 3 aromatic rings. The Balaban J connectivity index is 1.53. The smallest absolute Gasteiger partial charge is 0.266 e. The zero-order valence-corrected chi connectivity index (χ0v) is 20.9. The minimum absolute atomic E-state index is 0.130. The van der Waals surface area contributed by atoms with Crippen molar-refractivity contribution >= 4 is 51.9 Å². The predicted molar refractivity (Wildman–Crippen MR) is 139 cm³/mol. The Bertz CT molecular complexity index is 1280. The maximum atomic E-state index is 13.4. The first-order valence-corrected chi connectivity index (χ1v) is 12.0. The van der Waals surface area contributed by atoms with Gasteiger partial charge in [0, 0.05) is 0 Å². The normalized spacial score (nSPS) is 14.7. The number of hydrogen-bond acceptors (Lipinski definition) is 5. The molecule has 0 spiro atoms. The lowest BCUT2D eigenvalue weighted by atomic mass is 10.1. The van der Waals surface area contributed by atoms with Gasteiger partial charge in [-0.3, -0.25) is 9.69 Å².